The number of hydrogen-bond acceptors (Lipinski definition) is 4. The van der Waals surface area contributed by atoms with Gasteiger partial charge in [0.1, 0.15) is 5.75 Å². The van der Waals surface area contributed by atoms with Crippen molar-refractivity contribution in [2.45, 2.75) is 44.8 Å². The van der Waals surface area contributed by atoms with E-state index >= 15 is 0 Å². The van der Waals surface area contributed by atoms with Crippen molar-refractivity contribution in [1.82, 2.24) is 15.2 Å². The van der Waals surface area contributed by atoms with Crippen molar-refractivity contribution in [1.29, 1.82) is 0 Å². The lowest BCUT2D eigenvalue weighted by molar-refractivity contribution is -0.134. The normalized spacial score (nSPS) is 18.9. The van der Waals surface area contributed by atoms with Crippen molar-refractivity contribution in [3.63, 3.8) is 0 Å². The van der Waals surface area contributed by atoms with Crippen LogP contribution in [-0.2, 0) is 27.3 Å². The maximum absolute atomic E-state index is 12.6. The smallest absolute Gasteiger partial charge is 0.223 e. The van der Waals surface area contributed by atoms with Crippen LogP contribution < -0.4 is 10.1 Å². The number of hydrogen-bond donors (Lipinski definition) is 2. The van der Waals surface area contributed by atoms with Crippen LogP contribution in [0.4, 0.5) is 0 Å². The standard InChI is InChI=1S/C21H27N3O4/c1-27-14-4-5-18-16(11-14)17-13-24(9-8-19(17)23-18)21(26)7-6-20(25)22-12-15-3-2-10-28-15/h4-5,11,15,23H,2-3,6-10,12-13H2,1H3,(H,22,25)/t15-/m0/s1. The monoisotopic (exact) mass is 385 g/mol. The van der Waals surface area contributed by atoms with E-state index in [1.165, 1.54) is 5.69 Å². The fourth-order valence-electron chi connectivity index (χ4n) is 4.03. The van der Waals surface area contributed by atoms with Crippen LogP contribution in [0, 0.1) is 0 Å². The van der Waals surface area contributed by atoms with Gasteiger partial charge in [0.25, 0.3) is 0 Å². The number of ether oxygens (including phenoxy) is 2. The molecule has 2 aromatic rings. The van der Waals surface area contributed by atoms with Crippen molar-refractivity contribution < 1.29 is 19.1 Å². The van der Waals surface area contributed by atoms with E-state index in [1.54, 1.807) is 7.11 Å². The number of aromatic nitrogens is 1. The highest BCUT2D eigenvalue weighted by molar-refractivity contribution is 5.88. The summed E-state index contributed by atoms with van der Waals surface area (Å²) in [6.45, 7) is 2.55. The molecule has 0 radical (unpaired) electrons. The van der Waals surface area contributed by atoms with Crippen molar-refractivity contribution in [3.8, 4) is 5.75 Å². The number of aromatic amines is 1. The first-order chi connectivity index (χ1) is 13.6. The minimum atomic E-state index is -0.0848. The molecule has 2 aliphatic rings. The number of fused-ring (bicyclic) bond motifs is 3. The Labute approximate surface area is 164 Å². The number of amides is 2. The molecule has 2 aliphatic heterocycles. The van der Waals surface area contributed by atoms with Gasteiger partial charge in [-0.25, -0.2) is 0 Å². The van der Waals surface area contributed by atoms with E-state index < -0.39 is 0 Å². The zero-order valence-electron chi connectivity index (χ0n) is 16.3. The number of nitrogens with zero attached hydrogens (tertiary/aromatic N) is 1. The molecule has 0 unspecified atom stereocenters. The molecule has 28 heavy (non-hydrogen) atoms. The first-order valence-electron chi connectivity index (χ1n) is 9.97. The quantitative estimate of drug-likeness (QED) is 0.798. The minimum Gasteiger partial charge on any atom is -0.497 e. The number of H-pyrrole nitrogens is 1. The molecule has 1 atom stereocenters. The average molecular weight is 385 g/mol. The third-order valence-electron chi connectivity index (χ3n) is 5.65. The molecule has 0 spiro atoms. The Kier molecular flexibility index (Phi) is 5.52. The fourth-order valence-corrected chi connectivity index (χ4v) is 4.03. The summed E-state index contributed by atoms with van der Waals surface area (Å²) in [5, 5.41) is 3.98. The van der Waals surface area contributed by atoms with Crippen LogP contribution >= 0.6 is 0 Å². The van der Waals surface area contributed by atoms with E-state index in [2.05, 4.69) is 10.3 Å². The SMILES string of the molecule is COc1ccc2[nH]c3c(c2c1)CN(C(=O)CCC(=O)NC[C@@H]1CCCO1)CC3. The van der Waals surface area contributed by atoms with Gasteiger partial charge >= 0.3 is 0 Å². The van der Waals surface area contributed by atoms with Gasteiger partial charge in [-0.3, -0.25) is 9.59 Å². The Balaban J connectivity index is 1.33. The van der Waals surface area contributed by atoms with Gasteiger partial charge in [0, 0.05) is 67.7 Å². The summed E-state index contributed by atoms with van der Waals surface area (Å²) < 4.78 is 10.8. The molecular formula is C21H27N3O4. The van der Waals surface area contributed by atoms with Gasteiger partial charge in [-0.2, -0.15) is 0 Å². The van der Waals surface area contributed by atoms with Gasteiger partial charge in [-0.05, 0) is 31.0 Å². The molecule has 1 fully saturated rings. The molecule has 7 nitrogen and oxygen atoms in total. The van der Waals surface area contributed by atoms with Gasteiger partial charge in [0.2, 0.25) is 11.8 Å². The van der Waals surface area contributed by atoms with E-state index in [0.29, 0.717) is 19.6 Å². The van der Waals surface area contributed by atoms with E-state index in [9.17, 15) is 9.59 Å². The largest absolute Gasteiger partial charge is 0.497 e. The van der Waals surface area contributed by atoms with Gasteiger partial charge < -0.3 is 24.7 Å². The summed E-state index contributed by atoms with van der Waals surface area (Å²) in [6, 6.07) is 5.96. The highest BCUT2D eigenvalue weighted by Gasteiger charge is 2.24. The zero-order chi connectivity index (χ0) is 19.5. The van der Waals surface area contributed by atoms with Crippen molar-refractivity contribution in [2.75, 3.05) is 26.8 Å². The summed E-state index contributed by atoms with van der Waals surface area (Å²) in [4.78, 5) is 30.0. The number of methoxy groups -OCH3 is 1. The molecule has 4 rings (SSSR count). The fraction of sp³-hybridized carbons (Fsp3) is 0.524. The Morgan fingerprint density at radius 2 is 2.25 bits per heavy atom. The lowest BCUT2D eigenvalue weighted by Crippen LogP contribution is -2.37. The number of carbonyl (C=O) groups excluding carboxylic acids is 2. The first kappa shape index (κ1) is 18.8. The second kappa shape index (κ2) is 8.22. The van der Waals surface area contributed by atoms with Crippen molar-refractivity contribution >= 4 is 22.7 Å². The lowest BCUT2D eigenvalue weighted by Gasteiger charge is -2.27. The lowest BCUT2D eigenvalue weighted by atomic mass is 10.0. The highest BCUT2D eigenvalue weighted by Crippen LogP contribution is 2.30. The van der Waals surface area contributed by atoms with Crippen LogP contribution in [0.5, 0.6) is 5.75 Å². The van der Waals surface area contributed by atoms with Gasteiger partial charge in [0.15, 0.2) is 0 Å². The highest BCUT2D eigenvalue weighted by atomic mass is 16.5. The molecule has 3 heterocycles. The zero-order valence-corrected chi connectivity index (χ0v) is 16.3. The average Bonchev–Trinajstić information content (AvgIpc) is 3.37. The van der Waals surface area contributed by atoms with E-state index in [4.69, 9.17) is 9.47 Å². The van der Waals surface area contributed by atoms with E-state index in [1.807, 2.05) is 23.1 Å². The molecule has 7 heteroatoms. The van der Waals surface area contributed by atoms with Crippen LogP contribution in [-0.4, -0.2) is 54.6 Å². The predicted molar refractivity (Wildman–Crippen MR) is 105 cm³/mol. The van der Waals surface area contributed by atoms with Crippen molar-refractivity contribution in [3.05, 3.63) is 29.5 Å². The topological polar surface area (TPSA) is 83.7 Å². The summed E-state index contributed by atoms with van der Waals surface area (Å²) in [6.07, 6.45) is 3.41. The molecule has 0 saturated carbocycles. The second-order valence-electron chi connectivity index (χ2n) is 7.50. The molecule has 0 bridgehead atoms. The van der Waals surface area contributed by atoms with Gasteiger partial charge in [0.05, 0.1) is 13.2 Å². The molecule has 1 saturated heterocycles. The number of carbonyl (C=O) groups is 2. The summed E-state index contributed by atoms with van der Waals surface area (Å²) in [7, 11) is 1.65. The summed E-state index contributed by atoms with van der Waals surface area (Å²) in [5.41, 5.74) is 3.39. The Bertz CT molecular complexity index is 870. The van der Waals surface area contributed by atoms with Crippen LogP contribution in [0.3, 0.4) is 0 Å². The molecule has 0 aliphatic carbocycles. The van der Waals surface area contributed by atoms with Crippen molar-refractivity contribution in [2.24, 2.45) is 0 Å². The van der Waals surface area contributed by atoms with Crippen LogP contribution in [0.25, 0.3) is 10.9 Å². The molecule has 150 valence electrons. The third-order valence-corrected chi connectivity index (χ3v) is 5.65. The van der Waals surface area contributed by atoms with Crippen LogP contribution in [0.1, 0.15) is 36.9 Å². The molecule has 1 aromatic carbocycles. The molecular weight excluding hydrogens is 358 g/mol. The predicted octanol–water partition coefficient (Wildman–Crippen LogP) is 2.14. The second-order valence-corrected chi connectivity index (χ2v) is 7.50. The third kappa shape index (κ3) is 3.99. The summed E-state index contributed by atoms with van der Waals surface area (Å²) >= 11 is 0. The molecule has 2 amide bonds. The number of rotatable bonds is 6. The Morgan fingerprint density at radius 3 is 3.04 bits per heavy atom. The van der Waals surface area contributed by atoms with E-state index in [0.717, 1.165) is 48.1 Å². The Morgan fingerprint density at radius 1 is 1.36 bits per heavy atom. The van der Waals surface area contributed by atoms with Gasteiger partial charge in [-0.15, -0.1) is 0 Å². The summed E-state index contributed by atoms with van der Waals surface area (Å²) in [5.74, 6) is 0.745. The maximum Gasteiger partial charge on any atom is 0.223 e. The maximum atomic E-state index is 12.6. The number of nitrogens with one attached hydrogen (secondary N) is 2. The number of benzene rings is 1. The van der Waals surface area contributed by atoms with Gasteiger partial charge in [-0.1, -0.05) is 0 Å². The molecule has 2 N–H and O–H groups in total. The molecule has 1 aromatic heterocycles. The van der Waals surface area contributed by atoms with Crippen LogP contribution in [0.15, 0.2) is 18.2 Å². The van der Waals surface area contributed by atoms with E-state index in [-0.39, 0.29) is 30.8 Å². The Hall–Kier alpha value is -2.54. The van der Waals surface area contributed by atoms with Crippen LogP contribution in [0.2, 0.25) is 0 Å². The minimum absolute atomic E-state index is 0.0233. The first-order valence-corrected chi connectivity index (χ1v) is 9.97.